The summed E-state index contributed by atoms with van der Waals surface area (Å²) in [7, 11) is 0. The lowest BCUT2D eigenvalue weighted by atomic mass is 9.84. The van der Waals surface area contributed by atoms with E-state index in [0.717, 1.165) is 16.5 Å². The second-order valence-electron chi connectivity index (χ2n) is 7.95. The molecule has 0 atom stereocenters. The summed E-state index contributed by atoms with van der Waals surface area (Å²) in [6.45, 7) is 3.25. The highest BCUT2D eigenvalue weighted by Gasteiger charge is 2.36. The van der Waals surface area contributed by atoms with E-state index in [-0.39, 0.29) is 10.7 Å². The minimum atomic E-state index is -4.60. The Morgan fingerprint density at radius 3 is 2.24 bits per heavy atom. The smallest absolute Gasteiger partial charge is 0.435 e. The molecule has 0 unspecified atom stereocenters. The van der Waals surface area contributed by atoms with E-state index in [1.54, 1.807) is 56.3 Å². The molecule has 170 valence electrons. The van der Waals surface area contributed by atoms with Crippen LogP contribution in [-0.4, -0.2) is 20.9 Å². The summed E-state index contributed by atoms with van der Waals surface area (Å²) in [6, 6.07) is 18.2. The fourth-order valence-electron chi connectivity index (χ4n) is 3.31. The number of thiophene rings is 1. The van der Waals surface area contributed by atoms with Gasteiger partial charge in [-0.2, -0.15) is 18.3 Å². The van der Waals surface area contributed by atoms with Crippen LogP contribution in [0, 0.1) is 0 Å². The van der Waals surface area contributed by atoms with Crippen molar-refractivity contribution in [2.24, 2.45) is 0 Å². The van der Waals surface area contributed by atoms with Gasteiger partial charge in [0.05, 0.1) is 26.7 Å². The van der Waals surface area contributed by atoms with Crippen molar-refractivity contribution in [2.45, 2.75) is 25.4 Å². The minimum Gasteiger partial charge on any atom is -0.481 e. The first-order valence-corrected chi connectivity index (χ1v) is 11.0. The molecule has 4 rings (SSSR count). The molecule has 0 aliphatic rings. The monoisotopic (exact) mass is 490 g/mol. The Hall–Kier alpha value is -3.10. The zero-order valence-corrected chi connectivity index (χ0v) is 19.1. The predicted octanol–water partition coefficient (Wildman–Crippen LogP) is 7.30. The maximum Gasteiger partial charge on any atom is 0.435 e. The van der Waals surface area contributed by atoms with Gasteiger partial charge in [-0.3, -0.25) is 4.79 Å². The summed E-state index contributed by atoms with van der Waals surface area (Å²) in [4.78, 5) is 12.9. The van der Waals surface area contributed by atoms with Crippen LogP contribution in [0.3, 0.4) is 0 Å². The Morgan fingerprint density at radius 1 is 1.00 bits per heavy atom. The topological polar surface area (TPSA) is 55.1 Å². The van der Waals surface area contributed by atoms with Crippen LogP contribution in [-0.2, 0) is 16.4 Å². The van der Waals surface area contributed by atoms with Gasteiger partial charge in [0.15, 0.2) is 5.69 Å². The second kappa shape index (κ2) is 8.35. The van der Waals surface area contributed by atoms with Crippen LogP contribution in [0.15, 0.2) is 66.7 Å². The molecule has 2 aromatic heterocycles. The molecule has 4 aromatic rings. The van der Waals surface area contributed by atoms with Crippen molar-refractivity contribution in [2.75, 3.05) is 0 Å². The Kier molecular flexibility index (Phi) is 5.84. The highest BCUT2D eigenvalue weighted by Crippen LogP contribution is 2.39. The van der Waals surface area contributed by atoms with Gasteiger partial charge in [-0.15, -0.1) is 11.3 Å². The summed E-state index contributed by atoms with van der Waals surface area (Å²) in [5, 5.41) is 13.5. The second-order valence-corrected chi connectivity index (χ2v) is 9.44. The number of halogens is 4. The van der Waals surface area contributed by atoms with E-state index in [1.807, 2.05) is 18.2 Å². The van der Waals surface area contributed by atoms with Gasteiger partial charge in [0.2, 0.25) is 0 Å². The number of aromatic nitrogens is 2. The molecule has 0 amide bonds. The number of carboxylic acids is 1. The summed E-state index contributed by atoms with van der Waals surface area (Å²) < 4.78 is 41.5. The van der Waals surface area contributed by atoms with E-state index in [4.69, 9.17) is 11.6 Å². The van der Waals surface area contributed by atoms with Gasteiger partial charge in [0.1, 0.15) is 0 Å². The standard InChI is InChI=1S/C24H18ClF3N2O2S/c1-23(2,22(31)32)15-9-7-14(8-10-15)19-11-12-20(33-19)18-13-21(24(26,27)28)29-30(18)17-6-4-3-5-16(17)25/h3-13H,1-2H3,(H,31,32). The molecular weight excluding hydrogens is 473 g/mol. The number of carboxylic acid groups (broad SMARTS) is 1. The Labute approximate surface area is 196 Å². The average Bonchev–Trinajstić information content (AvgIpc) is 3.41. The van der Waals surface area contributed by atoms with E-state index in [0.29, 0.717) is 16.1 Å². The number of rotatable bonds is 5. The zero-order chi connectivity index (χ0) is 24.0. The zero-order valence-electron chi connectivity index (χ0n) is 17.5. The van der Waals surface area contributed by atoms with E-state index in [9.17, 15) is 23.1 Å². The van der Waals surface area contributed by atoms with Crippen LogP contribution in [0.4, 0.5) is 13.2 Å². The molecule has 4 nitrogen and oxygen atoms in total. The third-order valence-electron chi connectivity index (χ3n) is 5.36. The van der Waals surface area contributed by atoms with Crippen LogP contribution in [0.1, 0.15) is 25.1 Å². The predicted molar refractivity (Wildman–Crippen MR) is 123 cm³/mol. The van der Waals surface area contributed by atoms with Gasteiger partial charge >= 0.3 is 12.1 Å². The average molecular weight is 491 g/mol. The molecule has 2 aromatic carbocycles. The highest BCUT2D eigenvalue weighted by atomic mass is 35.5. The Bertz CT molecular complexity index is 1320. The number of aliphatic carboxylic acids is 1. The van der Waals surface area contributed by atoms with E-state index < -0.39 is 23.3 Å². The van der Waals surface area contributed by atoms with Crippen molar-refractivity contribution in [1.82, 2.24) is 9.78 Å². The molecular formula is C24H18ClF3N2O2S. The van der Waals surface area contributed by atoms with Gasteiger partial charge in [-0.05, 0) is 55.3 Å². The third-order valence-corrected chi connectivity index (χ3v) is 6.84. The van der Waals surface area contributed by atoms with Crippen molar-refractivity contribution < 1.29 is 23.1 Å². The lowest BCUT2D eigenvalue weighted by molar-refractivity contribution is -0.142. The number of carbonyl (C=O) groups is 1. The Balaban J connectivity index is 1.75. The molecule has 0 saturated carbocycles. The lowest BCUT2D eigenvalue weighted by Crippen LogP contribution is -2.28. The van der Waals surface area contributed by atoms with E-state index in [1.165, 1.54) is 16.0 Å². The largest absolute Gasteiger partial charge is 0.481 e. The van der Waals surface area contributed by atoms with Gasteiger partial charge in [-0.25, -0.2) is 4.68 Å². The molecule has 1 N–H and O–H groups in total. The van der Waals surface area contributed by atoms with Crippen LogP contribution < -0.4 is 0 Å². The number of alkyl halides is 3. The number of benzene rings is 2. The summed E-state index contributed by atoms with van der Waals surface area (Å²) >= 11 is 7.55. The molecule has 0 bridgehead atoms. The maximum atomic E-state index is 13.4. The van der Waals surface area contributed by atoms with Crippen molar-refractivity contribution in [3.8, 4) is 26.7 Å². The minimum absolute atomic E-state index is 0.273. The highest BCUT2D eigenvalue weighted by molar-refractivity contribution is 7.18. The SMILES string of the molecule is CC(C)(C(=O)O)c1ccc(-c2ccc(-c3cc(C(F)(F)F)nn3-c3ccccc3Cl)s2)cc1. The van der Waals surface area contributed by atoms with E-state index in [2.05, 4.69) is 5.10 Å². The molecule has 0 radical (unpaired) electrons. The van der Waals surface area contributed by atoms with Crippen LogP contribution >= 0.6 is 22.9 Å². The molecule has 0 spiro atoms. The van der Waals surface area contributed by atoms with Crippen molar-refractivity contribution in [3.05, 3.63) is 83.0 Å². The van der Waals surface area contributed by atoms with Gasteiger partial charge in [0, 0.05) is 4.88 Å². The number of hydrogen-bond acceptors (Lipinski definition) is 3. The van der Waals surface area contributed by atoms with Gasteiger partial charge in [0.25, 0.3) is 0 Å². The molecule has 33 heavy (non-hydrogen) atoms. The molecule has 0 fully saturated rings. The third kappa shape index (κ3) is 4.41. The molecule has 0 saturated heterocycles. The molecule has 0 aliphatic carbocycles. The summed E-state index contributed by atoms with van der Waals surface area (Å²) in [5.74, 6) is -0.929. The van der Waals surface area contributed by atoms with Crippen LogP contribution in [0.25, 0.3) is 26.7 Å². The first-order valence-electron chi connectivity index (χ1n) is 9.85. The first-order chi connectivity index (χ1) is 15.5. The Morgan fingerprint density at radius 2 is 1.64 bits per heavy atom. The molecule has 9 heteroatoms. The fourth-order valence-corrected chi connectivity index (χ4v) is 4.54. The van der Waals surface area contributed by atoms with Gasteiger partial charge < -0.3 is 5.11 Å². The molecule has 0 aliphatic heterocycles. The normalized spacial score (nSPS) is 12.2. The van der Waals surface area contributed by atoms with Crippen molar-refractivity contribution in [3.63, 3.8) is 0 Å². The van der Waals surface area contributed by atoms with Crippen LogP contribution in [0.5, 0.6) is 0 Å². The van der Waals surface area contributed by atoms with Crippen LogP contribution in [0.2, 0.25) is 5.02 Å². The molecule has 2 heterocycles. The lowest BCUT2D eigenvalue weighted by Gasteiger charge is -2.19. The first kappa shape index (κ1) is 23.1. The fraction of sp³-hybridized carbons (Fsp3) is 0.167. The van der Waals surface area contributed by atoms with Gasteiger partial charge in [-0.1, -0.05) is 48.0 Å². The number of hydrogen-bond donors (Lipinski definition) is 1. The summed E-state index contributed by atoms with van der Waals surface area (Å²) in [6.07, 6.45) is -4.60. The number of para-hydroxylation sites is 1. The van der Waals surface area contributed by atoms with Crippen molar-refractivity contribution >= 4 is 28.9 Å². The van der Waals surface area contributed by atoms with Crippen molar-refractivity contribution in [1.29, 1.82) is 0 Å². The van der Waals surface area contributed by atoms with E-state index >= 15 is 0 Å². The number of nitrogens with zero attached hydrogens (tertiary/aromatic N) is 2. The quantitative estimate of drug-likeness (QED) is 0.319. The summed E-state index contributed by atoms with van der Waals surface area (Å²) in [5.41, 5.74) is 0.0650. The maximum absolute atomic E-state index is 13.4.